The number of carbonyl (C=O) groups excluding carboxylic acids is 2. The zero-order valence-corrected chi connectivity index (χ0v) is 18.9. The third kappa shape index (κ3) is 7.50. The number of alkyl carbamates (subject to hydrolysis) is 1. The molecule has 0 aliphatic heterocycles. The van der Waals surface area contributed by atoms with E-state index in [0.29, 0.717) is 19.4 Å². The summed E-state index contributed by atoms with van der Waals surface area (Å²) in [6, 6.07) is 10.3. The quantitative estimate of drug-likeness (QED) is 0.692. The molecule has 0 spiro atoms. The van der Waals surface area contributed by atoms with Gasteiger partial charge in [-0.3, -0.25) is 9.78 Å². The summed E-state index contributed by atoms with van der Waals surface area (Å²) < 4.78 is 5.24. The Hall–Kier alpha value is -2.89. The van der Waals surface area contributed by atoms with Crippen molar-refractivity contribution in [2.24, 2.45) is 0 Å². The molecule has 2 rings (SSSR count). The van der Waals surface area contributed by atoms with E-state index in [4.69, 9.17) is 4.74 Å². The Morgan fingerprint density at radius 2 is 1.70 bits per heavy atom. The number of anilines is 1. The van der Waals surface area contributed by atoms with E-state index < -0.39 is 11.7 Å². The largest absolute Gasteiger partial charge is 0.444 e. The Morgan fingerprint density at radius 1 is 1.07 bits per heavy atom. The summed E-state index contributed by atoms with van der Waals surface area (Å²) in [5.74, 6) is -0.0159. The zero-order valence-electron chi connectivity index (χ0n) is 18.9. The number of hydrogen-bond acceptors (Lipinski definition) is 4. The molecule has 0 fully saturated rings. The average Bonchev–Trinajstić information content (AvgIpc) is 2.64. The van der Waals surface area contributed by atoms with Gasteiger partial charge in [-0.05, 0) is 70.2 Å². The second-order valence-corrected chi connectivity index (χ2v) is 8.46. The van der Waals surface area contributed by atoms with Gasteiger partial charge < -0.3 is 15.4 Å². The van der Waals surface area contributed by atoms with Crippen molar-refractivity contribution >= 4 is 17.7 Å². The molecule has 0 unspecified atom stereocenters. The van der Waals surface area contributed by atoms with Gasteiger partial charge >= 0.3 is 6.09 Å². The lowest BCUT2D eigenvalue weighted by Crippen LogP contribution is -2.33. The van der Waals surface area contributed by atoms with Gasteiger partial charge in [0.2, 0.25) is 5.91 Å². The fourth-order valence-corrected chi connectivity index (χ4v) is 3.11. The van der Waals surface area contributed by atoms with Crippen LogP contribution in [0, 0.1) is 13.8 Å². The Balaban J connectivity index is 2.01. The smallest absolute Gasteiger partial charge is 0.407 e. The van der Waals surface area contributed by atoms with Gasteiger partial charge in [0.05, 0.1) is 11.4 Å². The van der Waals surface area contributed by atoms with Crippen molar-refractivity contribution in [3.63, 3.8) is 0 Å². The van der Waals surface area contributed by atoms with Gasteiger partial charge in [0.15, 0.2) is 0 Å². The molecule has 162 valence electrons. The number of amides is 2. The van der Waals surface area contributed by atoms with E-state index in [1.54, 1.807) is 0 Å². The van der Waals surface area contributed by atoms with Gasteiger partial charge in [0, 0.05) is 18.7 Å². The van der Waals surface area contributed by atoms with Crippen molar-refractivity contribution in [3.05, 3.63) is 58.4 Å². The van der Waals surface area contributed by atoms with Crippen molar-refractivity contribution in [2.75, 3.05) is 11.9 Å². The molecule has 2 aromatic rings. The molecule has 0 saturated carbocycles. The van der Waals surface area contributed by atoms with Crippen molar-refractivity contribution in [2.45, 2.75) is 66.4 Å². The number of hydrogen-bond donors (Lipinski definition) is 2. The topological polar surface area (TPSA) is 80.3 Å². The normalized spacial score (nSPS) is 11.1. The van der Waals surface area contributed by atoms with Gasteiger partial charge in [0.1, 0.15) is 5.60 Å². The molecule has 1 aromatic heterocycles. The molecular formula is C24H33N3O3. The number of carbonyl (C=O) groups is 2. The predicted molar refractivity (Wildman–Crippen MR) is 120 cm³/mol. The van der Waals surface area contributed by atoms with Crippen LogP contribution in [0.25, 0.3) is 0 Å². The van der Waals surface area contributed by atoms with E-state index in [1.165, 1.54) is 0 Å². The molecule has 0 atom stereocenters. The SMILES string of the molecule is CCC(=O)Nc1c(Cc2ccc(CCNC(=O)OC(C)(C)C)cc2)cc(C)nc1C. The summed E-state index contributed by atoms with van der Waals surface area (Å²) in [5.41, 5.74) is 5.41. The van der Waals surface area contributed by atoms with Crippen molar-refractivity contribution < 1.29 is 14.3 Å². The highest BCUT2D eigenvalue weighted by atomic mass is 16.6. The Morgan fingerprint density at radius 3 is 2.30 bits per heavy atom. The lowest BCUT2D eigenvalue weighted by Gasteiger charge is -2.19. The van der Waals surface area contributed by atoms with Crippen LogP contribution in [0.2, 0.25) is 0 Å². The average molecular weight is 412 g/mol. The number of pyridine rings is 1. The summed E-state index contributed by atoms with van der Waals surface area (Å²) >= 11 is 0. The highest BCUT2D eigenvalue weighted by Gasteiger charge is 2.15. The van der Waals surface area contributed by atoms with E-state index in [0.717, 1.165) is 40.2 Å². The minimum absolute atomic E-state index is 0.0159. The molecule has 0 saturated heterocycles. The molecule has 1 aromatic carbocycles. The monoisotopic (exact) mass is 411 g/mol. The number of ether oxygens (including phenoxy) is 1. The maximum absolute atomic E-state index is 11.9. The second-order valence-electron chi connectivity index (χ2n) is 8.46. The molecule has 0 aliphatic carbocycles. The maximum Gasteiger partial charge on any atom is 0.407 e. The third-order valence-electron chi connectivity index (χ3n) is 4.50. The number of rotatable bonds is 7. The standard InChI is InChI=1S/C24H33N3O3/c1-7-21(28)27-22-17(3)26-16(2)14-20(22)15-19-10-8-18(9-11-19)12-13-25-23(29)30-24(4,5)6/h8-11,14H,7,12-13,15H2,1-6H3,(H,25,29)(H,27,28). The number of nitrogens with one attached hydrogen (secondary N) is 2. The van der Waals surface area contributed by atoms with E-state index >= 15 is 0 Å². The number of aromatic nitrogens is 1. The maximum atomic E-state index is 11.9. The molecule has 6 heteroatoms. The molecule has 0 aliphatic rings. The van der Waals surface area contributed by atoms with Gasteiger partial charge in [-0.15, -0.1) is 0 Å². The van der Waals surface area contributed by atoms with Crippen molar-refractivity contribution in [3.8, 4) is 0 Å². The first kappa shape index (κ1) is 23.4. The van der Waals surface area contributed by atoms with Crippen LogP contribution in [-0.4, -0.2) is 29.1 Å². The van der Waals surface area contributed by atoms with Crippen molar-refractivity contribution in [1.82, 2.24) is 10.3 Å². The summed E-state index contributed by atoms with van der Waals surface area (Å²) in [7, 11) is 0. The molecule has 2 amide bonds. The summed E-state index contributed by atoms with van der Waals surface area (Å²) in [6.45, 7) is 11.8. The van der Waals surface area contributed by atoms with E-state index in [-0.39, 0.29) is 5.91 Å². The molecule has 2 N–H and O–H groups in total. The summed E-state index contributed by atoms with van der Waals surface area (Å²) in [6.07, 6.45) is 1.47. The Bertz CT molecular complexity index is 884. The number of aryl methyl sites for hydroxylation is 2. The van der Waals surface area contributed by atoms with Gasteiger partial charge in [-0.2, -0.15) is 0 Å². The first-order chi connectivity index (χ1) is 14.1. The lowest BCUT2D eigenvalue weighted by molar-refractivity contribution is -0.115. The summed E-state index contributed by atoms with van der Waals surface area (Å²) in [5, 5.41) is 5.77. The fraction of sp³-hybridized carbons (Fsp3) is 0.458. The fourth-order valence-electron chi connectivity index (χ4n) is 3.11. The molecule has 1 heterocycles. The Labute approximate surface area is 179 Å². The predicted octanol–water partition coefficient (Wildman–Crippen LogP) is 4.70. The molecule has 0 radical (unpaired) electrons. The Kier molecular flexibility index (Phi) is 7.98. The minimum Gasteiger partial charge on any atom is -0.444 e. The van der Waals surface area contributed by atoms with Gasteiger partial charge in [-0.25, -0.2) is 4.79 Å². The van der Waals surface area contributed by atoms with Crippen LogP contribution in [0.3, 0.4) is 0 Å². The lowest BCUT2D eigenvalue weighted by atomic mass is 10.00. The van der Waals surface area contributed by atoms with Crippen LogP contribution in [0.1, 0.15) is 62.2 Å². The van der Waals surface area contributed by atoms with Gasteiger partial charge in [0.25, 0.3) is 0 Å². The molecule has 0 bridgehead atoms. The number of nitrogens with zero attached hydrogens (tertiary/aromatic N) is 1. The van der Waals surface area contributed by atoms with Crippen LogP contribution >= 0.6 is 0 Å². The van der Waals surface area contributed by atoms with Crippen LogP contribution in [0.15, 0.2) is 30.3 Å². The number of benzene rings is 1. The van der Waals surface area contributed by atoms with Crippen LogP contribution in [-0.2, 0) is 22.4 Å². The molecule has 6 nitrogen and oxygen atoms in total. The van der Waals surface area contributed by atoms with Crippen LogP contribution in [0.5, 0.6) is 0 Å². The second kappa shape index (κ2) is 10.2. The molecular weight excluding hydrogens is 378 g/mol. The van der Waals surface area contributed by atoms with E-state index in [9.17, 15) is 9.59 Å². The van der Waals surface area contributed by atoms with Crippen LogP contribution < -0.4 is 10.6 Å². The first-order valence-corrected chi connectivity index (χ1v) is 10.4. The minimum atomic E-state index is -0.495. The zero-order chi connectivity index (χ0) is 22.3. The highest BCUT2D eigenvalue weighted by molar-refractivity contribution is 5.92. The summed E-state index contributed by atoms with van der Waals surface area (Å²) in [4.78, 5) is 28.1. The van der Waals surface area contributed by atoms with Gasteiger partial charge in [-0.1, -0.05) is 31.2 Å². The van der Waals surface area contributed by atoms with Crippen molar-refractivity contribution in [1.29, 1.82) is 0 Å². The highest BCUT2D eigenvalue weighted by Crippen LogP contribution is 2.24. The first-order valence-electron chi connectivity index (χ1n) is 10.4. The molecule has 30 heavy (non-hydrogen) atoms. The van der Waals surface area contributed by atoms with E-state index in [1.807, 2.05) is 47.6 Å². The van der Waals surface area contributed by atoms with Crippen LogP contribution in [0.4, 0.5) is 10.5 Å². The third-order valence-corrected chi connectivity index (χ3v) is 4.50. The van der Waals surface area contributed by atoms with E-state index in [2.05, 4.69) is 39.9 Å².